The number of aromatic amines is 1. The van der Waals surface area contributed by atoms with Crippen LogP contribution >= 0.6 is 0 Å². The molecule has 3 aromatic rings. The maximum atomic E-state index is 13.9. The summed E-state index contributed by atoms with van der Waals surface area (Å²) in [6.07, 6.45) is 4.22. The molecule has 1 saturated heterocycles. The SMILES string of the molecule is CN1CCN(CCCN(c2nc3cc(F)c(F)cc3[nH]2)[C@@H]2CC[C@]3(c4cccc(C#N)c4)CC23)CC1. The first kappa shape index (κ1) is 23.4. The van der Waals surface area contributed by atoms with Crippen molar-refractivity contribution in [2.75, 3.05) is 51.2 Å². The number of nitriles is 1. The van der Waals surface area contributed by atoms with E-state index in [9.17, 15) is 14.0 Å². The lowest BCUT2D eigenvalue weighted by molar-refractivity contribution is 0.153. The Kier molecular flexibility index (Phi) is 5.93. The third-order valence-electron chi connectivity index (χ3n) is 8.70. The number of benzene rings is 2. The number of nitrogens with one attached hydrogen (secondary N) is 1. The van der Waals surface area contributed by atoms with Gasteiger partial charge in [0.2, 0.25) is 5.95 Å². The van der Waals surface area contributed by atoms with Gasteiger partial charge in [-0.2, -0.15) is 5.26 Å². The highest BCUT2D eigenvalue weighted by atomic mass is 19.2. The summed E-state index contributed by atoms with van der Waals surface area (Å²) in [5, 5.41) is 9.39. The molecule has 6 nitrogen and oxygen atoms in total. The molecule has 0 amide bonds. The fourth-order valence-electron chi connectivity index (χ4n) is 6.57. The van der Waals surface area contributed by atoms with E-state index in [1.165, 1.54) is 17.7 Å². The van der Waals surface area contributed by atoms with E-state index in [0.717, 1.165) is 65.0 Å². The van der Waals surface area contributed by atoms with Crippen molar-refractivity contribution < 1.29 is 8.78 Å². The number of piperazine rings is 1. The number of hydrogen-bond donors (Lipinski definition) is 1. The van der Waals surface area contributed by atoms with Gasteiger partial charge in [-0.1, -0.05) is 12.1 Å². The van der Waals surface area contributed by atoms with Crippen molar-refractivity contribution in [3.63, 3.8) is 0 Å². The number of H-pyrrole nitrogens is 1. The number of nitrogens with zero attached hydrogens (tertiary/aromatic N) is 5. The Bertz CT molecular complexity index is 1270. The topological polar surface area (TPSA) is 62.2 Å². The zero-order valence-electron chi connectivity index (χ0n) is 20.7. The Balaban J connectivity index is 1.25. The first-order valence-corrected chi connectivity index (χ1v) is 13.0. The minimum atomic E-state index is -0.874. The second-order valence-electron chi connectivity index (χ2n) is 10.8. The summed E-state index contributed by atoms with van der Waals surface area (Å²) in [5.74, 6) is -0.552. The molecule has 6 rings (SSSR count). The third-order valence-corrected chi connectivity index (χ3v) is 8.70. The van der Waals surface area contributed by atoms with Crippen LogP contribution < -0.4 is 4.90 Å². The minimum Gasteiger partial charge on any atom is -0.339 e. The van der Waals surface area contributed by atoms with Crippen molar-refractivity contribution in [1.29, 1.82) is 5.26 Å². The fraction of sp³-hybridized carbons (Fsp3) is 0.500. The van der Waals surface area contributed by atoms with E-state index in [2.05, 4.69) is 38.9 Å². The van der Waals surface area contributed by atoms with Crippen molar-refractivity contribution >= 4 is 17.0 Å². The molecule has 3 fully saturated rings. The summed E-state index contributed by atoms with van der Waals surface area (Å²) in [5.41, 5.74) is 3.07. The van der Waals surface area contributed by atoms with Gasteiger partial charge in [0.1, 0.15) is 0 Å². The highest BCUT2D eigenvalue weighted by molar-refractivity contribution is 5.78. The Hall–Kier alpha value is -3.02. The van der Waals surface area contributed by atoms with Crippen LogP contribution in [0.15, 0.2) is 36.4 Å². The summed E-state index contributed by atoms with van der Waals surface area (Å²) < 4.78 is 27.8. The second kappa shape index (κ2) is 9.13. The summed E-state index contributed by atoms with van der Waals surface area (Å²) in [6, 6.07) is 13.0. The number of rotatable bonds is 7. The molecule has 1 N–H and O–H groups in total. The first-order chi connectivity index (χ1) is 17.5. The van der Waals surface area contributed by atoms with E-state index in [1.807, 2.05) is 18.2 Å². The quantitative estimate of drug-likeness (QED) is 0.536. The molecule has 0 spiro atoms. The van der Waals surface area contributed by atoms with E-state index >= 15 is 0 Å². The van der Waals surface area contributed by atoms with Gasteiger partial charge in [0, 0.05) is 56.3 Å². The van der Waals surface area contributed by atoms with Crippen LogP contribution in [-0.4, -0.2) is 72.1 Å². The Morgan fingerprint density at radius 1 is 1.17 bits per heavy atom. The van der Waals surface area contributed by atoms with Crippen LogP contribution in [0.3, 0.4) is 0 Å². The van der Waals surface area contributed by atoms with Gasteiger partial charge in [-0.3, -0.25) is 0 Å². The van der Waals surface area contributed by atoms with Crippen LogP contribution in [-0.2, 0) is 5.41 Å². The van der Waals surface area contributed by atoms with Crippen LogP contribution in [0.1, 0.15) is 36.8 Å². The Labute approximate surface area is 210 Å². The predicted molar refractivity (Wildman–Crippen MR) is 136 cm³/mol. The summed E-state index contributed by atoms with van der Waals surface area (Å²) in [6.45, 7) is 6.24. The second-order valence-corrected chi connectivity index (χ2v) is 10.8. The van der Waals surface area contributed by atoms with Crippen LogP contribution in [0.2, 0.25) is 0 Å². The Morgan fingerprint density at radius 2 is 1.97 bits per heavy atom. The molecule has 2 aromatic carbocycles. The Morgan fingerprint density at radius 3 is 2.75 bits per heavy atom. The molecule has 1 aliphatic heterocycles. The maximum Gasteiger partial charge on any atom is 0.204 e. The molecular weight excluding hydrogens is 458 g/mol. The minimum absolute atomic E-state index is 0.122. The molecule has 1 unspecified atom stereocenters. The molecule has 2 heterocycles. The summed E-state index contributed by atoms with van der Waals surface area (Å²) >= 11 is 0. The average molecular weight is 491 g/mol. The molecule has 36 heavy (non-hydrogen) atoms. The molecule has 188 valence electrons. The van der Waals surface area contributed by atoms with Gasteiger partial charge >= 0.3 is 0 Å². The van der Waals surface area contributed by atoms with Crippen molar-refractivity contribution in [2.45, 2.75) is 37.1 Å². The number of halogens is 2. The standard InChI is InChI=1S/C28H32F2N6/c1-34-10-12-35(13-11-34)8-3-9-36(27-32-24-15-22(29)23(30)16-25(24)33-27)26-6-7-28(17-21(26)28)20-5-2-4-19(14-20)18-31/h2,4-5,14-16,21,26H,3,6-13,17H2,1H3,(H,32,33)/t21?,26-,28-/m1/s1. The largest absolute Gasteiger partial charge is 0.339 e. The van der Waals surface area contributed by atoms with Gasteiger partial charge in [-0.05, 0) is 62.9 Å². The van der Waals surface area contributed by atoms with E-state index < -0.39 is 11.6 Å². The normalized spacial score (nSPS) is 26.2. The van der Waals surface area contributed by atoms with Crippen LogP contribution in [0.5, 0.6) is 0 Å². The molecular formula is C28H32F2N6. The van der Waals surface area contributed by atoms with E-state index in [-0.39, 0.29) is 5.41 Å². The van der Waals surface area contributed by atoms with Gasteiger partial charge in [0.15, 0.2) is 11.6 Å². The lowest BCUT2D eigenvalue weighted by atomic mass is 9.92. The first-order valence-electron chi connectivity index (χ1n) is 13.0. The van der Waals surface area contributed by atoms with Gasteiger partial charge < -0.3 is 19.7 Å². The molecule has 3 atom stereocenters. The van der Waals surface area contributed by atoms with Crippen molar-refractivity contribution in [1.82, 2.24) is 19.8 Å². The number of hydrogen-bond acceptors (Lipinski definition) is 5. The summed E-state index contributed by atoms with van der Waals surface area (Å²) in [4.78, 5) is 15.2. The summed E-state index contributed by atoms with van der Waals surface area (Å²) in [7, 11) is 2.17. The zero-order chi connectivity index (χ0) is 24.9. The molecule has 2 saturated carbocycles. The lowest BCUT2D eigenvalue weighted by Crippen LogP contribution is -2.45. The maximum absolute atomic E-state index is 13.9. The smallest absolute Gasteiger partial charge is 0.204 e. The molecule has 0 radical (unpaired) electrons. The monoisotopic (exact) mass is 490 g/mol. The number of anilines is 1. The number of imidazole rings is 1. The number of likely N-dealkylation sites (N-methyl/N-ethyl adjacent to an activating group) is 1. The molecule has 0 bridgehead atoms. The van der Waals surface area contributed by atoms with Gasteiger partial charge in [-0.15, -0.1) is 0 Å². The fourth-order valence-corrected chi connectivity index (χ4v) is 6.57. The molecule has 2 aliphatic carbocycles. The number of fused-ring (bicyclic) bond motifs is 2. The van der Waals surface area contributed by atoms with Crippen LogP contribution in [0.25, 0.3) is 11.0 Å². The van der Waals surface area contributed by atoms with Crippen molar-refractivity contribution in [3.05, 3.63) is 59.2 Å². The van der Waals surface area contributed by atoms with Gasteiger partial charge in [0.25, 0.3) is 0 Å². The van der Waals surface area contributed by atoms with Gasteiger partial charge in [-0.25, -0.2) is 13.8 Å². The van der Waals surface area contributed by atoms with Crippen LogP contribution in [0, 0.1) is 28.9 Å². The van der Waals surface area contributed by atoms with Gasteiger partial charge in [0.05, 0.1) is 22.7 Å². The van der Waals surface area contributed by atoms with Crippen LogP contribution in [0.4, 0.5) is 14.7 Å². The zero-order valence-corrected chi connectivity index (χ0v) is 20.7. The van der Waals surface area contributed by atoms with E-state index in [4.69, 9.17) is 4.98 Å². The predicted octanol–water partition coefficient (Wildman–Crippen LogP) is 4.28. The molecule has 1 aromatic heterocycles. The highest BCUT2D eigenvalue weighted by Gasteiger charge is 2.63. The molecule has 8 heteroatoms. The third kappa shape index (κ3) is 4.14. The highest BCUT2D eigenvalue weighted by Crippen LogP contribution is 2.65. The van der Waals surface area contributed by atoms with Crippen molar-refractivity contribution in [2.24, 2.45) is 5.92 Å². The molecule has 3 aliphatic rings. The van der Waals surface area contributed by atoms with E-state index in [1.54, 1.807) is 0 Å². The lowest BCUT2D eigenvalue weighted by Gasteiger charge is -2.34. The number of aromatic nitrogens is 2. The average Bonchev–Trinajstić information content (AvgIpc) is 3.31. The van der Waals surface area contributed by atoms with Crippen molar-refractivity contribution in [3.8, 4) is 6.07 Å². The van der Waals surface area contributed by atoms with E-state index in [0.29, 0.717) is 34.5 Å².